The number of nitrogens with zero attached hydrogens (tertiary/aromatic N) is 2. The van der Waals surface area contributed by atoms with Crippen LogP contribution in [-0.2, 0) is 0 Å². The van der Waals surface area contributed by atoms with Gasteiger partial charge in [0, 0.05) is 24.3 Å². The van der Waals surface area contributed by atoms with E-state index in [9.17, 15) is 4.79 Å². The Morgan fingerprint density at radius 1 is 1.56 bits per heavy atom. The highest BCUT2D eigenvalue weighted by molar-refractivity contribution is 6.30. The first-order chi connectivity index (χ1) is 7.54. The Morgan fingerprint density at radius 2 is 2.25 bits per heavy atom. The van der Waals surface area contributed by atoms with Crippen LogP contribution < -0.4 is 0 Å². The lowest BCUT2D eigenvalue weighted by Crippen LogP contribution is -2.34. The van der Waals surface area contributed by atoms with E-state index in [-0.39, 0.29) is 5.91 Å². The van der Waals surface area contributed by atoms with Crippen molar-refractivity contribution < 1.29 is 4.79 Å². The first-order valence-corrected chi connectivity index (χ1v) is 5.83. The van der Waals surface area contributed by atoms with Gasteiger partial charge in [-0.15, -0.1) is 0 Å². The number of pyridine rings is 1. The lowest BCUT2D eigenvalue weighted by molar-refractivity contribution is 0.0740. The van der Waals surface area contributed by atoms with E-state index in [1.165, 1.54) is 0 Å². The van der Waals surface area contributed by atoms with E-state index in [0.717, 1.165) is 6.54 Å². The molecule has 0 spiro atoms. The molecule has 1 heterocycles. The number of halogens is 1. The second-order valence-corrected chi connectivity index (χ2v) is 4.53. The Morgan fingerprint density at radius 3 is 2.75 bits per heavy atom. The second-order valence-electron chi connectivity index (χ2n) is 4.10. The molecule has 4 heteroatoms. The van der Waals surface area contributed by atoms with Crippen molar-refractivity contribution >= 4 is 17.5 Å². The van der Waals surface area contributed by atoms with Crippen molar-refractivity contribution in [1.29, 1.82) is 0 Å². The molecule has 0 saturated carbocycles. The van der Waals surface area contributed by atoms with Crippen molar-refractivity contribution in [2.24, 2.45) is 5.92 Å². The maximum atomic E-state index is 12.1. The van der Waals surface area contributed by atoms with Crippen molar-refractivity contribution in [2.75, 3.05) is 13.1 Å². The standard InChI is InChI=1S/C12H17ClN2O/c1-4-15(8-9(2)3)12(16)11-7-10(13)5-6-14-11/h5-7,9H,4,8H2,1-3H3. The molecule has 0 bridgehead atoms. The molecule has 0 aromatic carbocycles. The molecular formula is C12H17ClN2O. The largest absolute Gasteiger partial charge is 0.337 e. The maximum absolute atomic E-state index is 12.1. The molecule has 88 valence electrons. The number of hydrogen-bond donors (Lipinski definition) is 0. The molecular weight excluding hydrogens is 224 g/mol. The van der Waals surface area contributed by atoms with Crippen LogP contribution in [0.25, 0.3) is 0 Å². The summed E-state index contributed by atoms with van der Waals surface area (Å²) < 4.78 is 0. The molecule has 0 aliphatic carbocycles. The summed E-state index contributed by atoms with van der Waals surface area (Å²) >= 11 is 5.83. The fraction of sp³-hybridized carbons (Fsp3) is 0.500. The molecule has 0 fully saturated rings. The Labute approximate surface area is 101 Å². The molecule has 3 nitrogen and oxygen atoms in total. The van der Waals surface area contributed by atoms with Gasteiger partial charge < -0.3 is 4.90 Å². The molecule has 16 heavy (non-hydrogen) atoms. The van der Waals surface area contributed by atoms with Crippen molar-refractivity contribution in [2.45, 2.75) is 20.8 Å². The molecule has 0 atom stereocenters. The van der Waals surface area contributed by atoms with Crippen LogP contribution in [0.1, 0.15) is 31.3 Å². The lowest BCUT2D eigenvalue weighted by atomic mass is 10.2. The van der Waals surface area contributed by atoms with Crippen LogP contribution in [0.15, 0.2) is 18.3 Å². The molecule has 1 aromatic heterocycles. The molecule has 1 rings (SSSR count). The number of rotatable bonds is 4. The molecule has 0 saturated heterocycles. The van der Waals surface area contributed by atoms with Crippen LogP contribution in [-0.4, -0.2) is 28.9 Å². The Balaban J connectivity index is 2.82. The zero-order valence-corrected chi connectivity index (χ0v) is 10.7. The molecule has 0 unspecified atom stereocenters. The molecule has 0 aliphatic rings. The Kier molecular flexibility index (Phi) is 4.74. The lowest BCUT2D eigenvalue weighted by Gasteiger charge is -2.22. The third-order valence-corrected chi connectivity index (χ3v) is 2.43. The van der Waals surface area contributed by atoms with Gasteiger partial charge in [0.1, 0.15) is 5.69 Å². The quantitative estimate of drug-likeness (QED) is 0.811. The van der Waals surface area contributed by atoms with Gasteiger partial charge in [-0.05, 0) is 25.0 Å². The summed E-state index contributed by atoms with van der Waals surface area (Å²) in [5.41, 5.74) is 0.412. The van der Waals surface area contributed by atoms with Gasteiger partial charge in [-0.1, -0.05) is 25.4 Å². The van der Waals surface area contributed by atoms with Gasteiger partial charge in [-0.2, -0.15) is 0 Å². The van der Waals surface area contributed by atoms with E-state index in [2.05, 4.69) is 18.8 Å². The van der Waals surface area contributed by atoms with Gasteiger partial charge >= 0.3 is 0 Å². The van der Waals surface area contributed by atoms with Crippen molar-refractivity contribution in [3.63, 3.8) is 0 Å². The summed E-state index contributed by atoms with van der Waals surface area (Å²) in [6.07, 6.45) is 1.55. The van der Waals surface area contributed by atoms with E-state index in [1.54, 1.807) is 23.2 Å². The third-order valence-electron chi connectivity index (χ3n) is 2.20. The van der Waals surface area contributed by atoms with Gasteiger partial charge in [0.05, 0.1) is 0 Å². The van der Waals surface area contributed by atoms with E-state index in [1.807, 2.05) is 6.92 Å². The monoisotopic (exact) mass is 240 g/mol. The first-order valence-electron chi connectivity index (χ1n) is 5.45. The normalized spacial score (nSPS) is 10.6. The summed E-state index contributed by atoms with van der Waals surface area (Å²) in [7, 11) is 0. The van der Waals surface area contributed by atoms with Crippen LogP contribution in [0, 0.1) is 5.92 Å². The van der Waals surface area contributed by atoms with Crippen LogP contribution in [0.5, 0.6) is 0 Å². The van der Waals surface area contributed by atoms with Crippen LogP contribution in [0.3, 0.4) is 0 Å². The van der Waals surface area contributed by atoms with Gasteiger partial charge in [-0.3, -0.25) is 9.78 Å². The summed E-state index contributed by atoms with van der Waals surface area (Å²) in [4.78, 5) is 17.9. The first kappa shape index (κ1) is 13.0. The molecule has 1 amide bonds. The highest BCUT2D eigenvalue weighted by Gasteiger charge is 2.16. The maximum Gasteiger partial charge on any atom is 0.272 e. The Hall–Kier alpha value is -1.09. The SMILES string of the molecule is CCN(CC(C)C)C(=O)c1cc(Cl)ccn1. The zero-order valence-electron chi connectivity index (χ0n) is 9.90. The van der Waals surface area contributed by atoms with E-state index >= 15 is 0 Å². The summed E-state index contributed by atoms with van der Waals surface area (Å²) in [5.74, 6) is 0.391. The van der Waals surface area contributed by atoms with Crippen LogP contribution in [0.2, 0.25) is 5.02 Å². The smallest absolute Gasteiger partial charge is 0.272 e. The number of aromatic nitrogens is 1. The highest BCUT2D eigenvalue weighted by Crippen LogP contribution is 2.11. The van der Waals surface area contributed by atoms with Gasteiger partial charge in [0.25, 0.3) is 5.91 Å². The zero-order chi connectivity index (χ0) is 12.1. The summed E-state index contributed by atoms with van der Waals surface area (Å²) in [6.45, 7) is 7.56. The molecule has 1 aromatic rings. The fourth-order valence-corrected chi connectivity index (χ4v) is 1.64. The topological polar surface area (TPSA) is 33.2 Å². The minimum absolute atomic E-state index is 0.0568. The van der Waals surface area contributed by atoms with E-state index in [0.29, 0.717) is 23.2 Å². The van der Waals surface area contributed by atoms with E-state index in [4.69, 9.17) is 11.6 Å². The van der Waals surface area contributed by atoms with Crippen molar-refractivity contribution in [1.82, 2.24) is 9.88 Å². The summed E-state index contributed by atoms with van der Waals surface area (Å²) in [5, 5.41) is 0.541. The molecule has 0 N–H and O–H groups in total. The van der Waals surface area contributed by atoms with E-state index < -0.39 is 0 Å². The average molecular weight is 241 g/mol. The van der Waals surface area contributed by atoms with Crippen LogP contribution >= 0.6 is 11.6 Å². The van der Waals surface area contributed by atoms with Crippen molar-refractivity contribution in [3.8, 4) is 0 Å². The fourth-order valence-electron chi connectivity index (χ4n) is 1.48. The predicted molar refractivity (Wildman–Crippen MR) is 65.7 cm³/mol. The average Bonchev–Trinajstić information content (AvgIpc) is 2.24. The second kappa shape index (κ2) is 5.85. The van der Waals surface area contributed by atoms with Gasteiger partial charge in [0.15, 0.2) is 0 Å². The minimum Gasteiger partial charge on any atom is -0.337 e. The number of carbonyl (C=O) groups is 1. The van der Waals surface area contributed by atoms with Crippen molar-refractivity contribution in [3.05, 3.63) is 29.0 Å². The highest BCUT2D eigenvalue weighted by atomic mass is 35.5. The number of carbonyl (C=O) groups excluding carboxylic acids is 1. The number of amides is 1. The van der Waals surface area contributed by atoms with Gasteiger partial charge in [-0.25, -0.2) is 0 Å². The Bertz CT molecular complexity index is 366. The number of hydrogen-bond acceptors (Lipinski definition) is 2. The van der Waals surface area contributed by atoms with Crippen LogP contribution in [0.4, 0.5) is 0 Å². The predicted octanol–water partition coefficient (Wildman–Crippen LogP) is 2.85. The third kappa shape index (κ3) is 3.49. The summed E-state index contributed by atoms with van der Waals surface area (Å²) in [6, 6.07) is 3.27. The minimum atomic E-state index is -0.0568. The molecule has 0 radical (unpaired) electrons. The van der Waals surface area contributed by atoms with Gasteiger partial charge in [0.2, 0.25) is 0 Å². The molecule has 0 aliphatic heterocycles.